The molecule has 1 amide bonds. The molecule has 0 fully saturated rings. The molecule has 0 aliphatic carbocycles. The van der Waals surface area contributed by atoms with Gasteiger partial charge in [0.15, 0.2) is 0 Å². The van der Waals surface area contributed by atoms with Gasteiger partial charge in [0.05, 0.1) is 18.0 Å². The number of anilines is 1. The highest BCUT2D eigenvalue weighted by Crippen LogP contribution is 2.26. The van der Waals surface area contributed by atoms with Gasteiger partial charge in [0.25, 0.3) is 0 Å². The molecule has 0 radical (unpaired) electrons. The van der Waals surface area contributed by atoms with Crippen LogP contribution in [-0.2, 0) is 14.8 Å². The van der Waals surface area contributed by atoms with Crippen molar-refractivity contribution < 1.29 is 17.6 Å². The Bertz CT molecular complexity index is 927. The first-order chi connectivity index (χ1) is 12.5. The summed E-state index contributed by atoms with van der Waals surface area (Å²) in [6, 6.07) is 9.96. The number of sulfonamides is 1. The molecule has 146 valence electrons. The number of aryl methyl sites for hydroxylation is 2. The third-order valence-electron chi connectivity index (χ3n) is 4.42. The van der Waals surface area contributed by atoms with Gasteiger partial charge in [-0.3, -0.25) is 9.10 Å². The molecule has 0 unspecified atom stereocenters. The normalized spacial score (nSPS) is 13.7. The van der Waals surface area contributed by atoms with Crippen LogP contribution in [-0.4, -0.2) is 26.6 Å². The van der Waals surface area contributed by atoms with Gasteiger partial charge >= 0.3 is 0 Å². The van der Waals surface area contributed by atoms with Crippen molar-refractivity contribution in [3.05, 3.63) is 65.0 Å². The summed E-state index contributed by atoms with van der Waals surface area (Å²) in [4.78, 5) is 12.8. The minimum Gasteiger partial charge on any atom is -0.348 e. The minimum absolute atomic E-state index is 0.358. The van der Waals surface area contributed by atoms with Crippen molar-refractivity contribution in [2.24, 2.45) is 0 Å². The van der Waals surface area contributed by atoms with Crippen LogP contribution < -0.4 is 9.62 Å². The van der Waals surface area contributed by atoms with Gasteiger partial charge in [-0.2, -0.15) is 0 Å². The van der Waals surface area contributed by atoms with Gasteiger partial charge < -0.3 is 5.32 Å². The maximum Gasteiger partial charge on any atom is 0.244 e. The zero-order valence-electron chi connectivity index (χ0n) is 16.2. The van der Waals surface area contributed by atoms with Gasteiger partial charge in [-0.25, -0.2) is 12.8 Å². The lowest BCUT2D eigenvalue weighted by atomic mass is 10.1. The topological polar surface area (TPSA) is 66.5 Å². The second kappa shape index (κ2) is 8.08. The summed E-state index contributed by atoms with van der Waals surface area (Å²) in [5.41, 5.74) is 2.87. The molecule has 2 aromatic rings. The molecule has 2 rings (SSSR count). The van der Waals surface area contributed by atoms with E-state index in [1.165, 1.54) is 12.1 Å². The maximum absolute atomic E-state index is 13.1. The second-order valence-electron chi connectivity index (χ2n) is 6.81. The van der Waals surface area contributed by atoms with Crippen molar-refractivity contribution in [1.29, 1.82) is 0 Å². The van der Waals surface area contributed by atoms with E-state index in [-0.39, 0.29) is 11.9 Å². The molecule has 2 aromatic carbocycles. The summed E-state index contributed by atoms with van der Waals surface area (Å²) in [5, 5.41) is 2.80. The Balaban J connectivity index is 2.30. The molecule has 0 aliphatic rings. The van der Waals surface area contributed by atoms with E-state index in [1.54, 1.807) is 39.0 Å². The number of benzene rings is 2. The molecule has 0 bridgehead atoms. The first kappa shape index (κ1) is 20.9. The van der Waals surface area contributed by atoms with Crippen LogP contribution >= 0.6 is 0 Å². The molecule has 0 aromatic heterocycles. The molecule has 2 atom stereocenters. The molecule has 1 N–H and O–H groups in total. The summed E-state index contributed by atoms with van der Waals surface area (Å²) in [6.07, 6.45) is 1.09. The number of nitrogens with one attached hydrogen (secondary N) is 1. The Morgan fingerprint density at radius 3 is 2.22 bits per heavy atom. The number of hydrogen-bond acceptors (Lipinski definition) is 3. The molecule has 0 heterocycles. The SMILES string of the molecule is Cc1ccc(C)c(N([C@@H](C)C(=O)N[C@@H](C)c2ccc(F)cc2)S(C)(=O)=O)c1. The third kappa shape index (κ3) is 5.07. The zero-order chi connectivity index (χ0) is 20.4. The molecule has 0 saturated carbocycles. The van der Waals surface area contributed by atoms with Crippen molar-refractivity contribution in [3.8, 4) is 0 Å². The van der Waals surface area contributed by atoms with E-state index in [1.807, 2.05) is 19.1 Å². The lowest BCUT2D eigenvalue weighted by Crippen LogP contribution is -2.48. The molecule has 0 spiro atoms. The van der Waals surface area contributed by atoms with Gasteiger partial charge in [0, 0.05) is 0 Å². The highest BCUT2D eigenvalue weighted by atomic mass is 32.2. The van der Waals surface area contributed by atoms with Crippen molar-refractivity contribution >= 4 is 21.6 Å². The number of rotatable bonds is 6. The number of nitrogens with zero attached hydrogens (tertiary/aromatic N) is 1. The smallest absolute Gasteiger partial charge is 0.244 e. The molecule has 0 saturated heterocycles. The third-order valence-corrected chi connectivity index (χ3v) is 5.65. The largest absolute Gasteiger partial charge is 0.348 e. The molecule has 27 heavy (non-hydrogen) atoms. The van der Waals surface area contributed by atoms with Crippen molar-refractivity contribution in [2.75, 3.05) is 10.6 Å². The summed E-state index contributed by atoms with van der Waals surface area (Å²) < 4.78 is 39.1. The van der Waals surface area contributed by atoms with Crippen LogP contribution in [0.3, 0.4) is 0 Å². The summed E-state index contributed by atoms with van der Waals surface area (Å²) >= 11 is 0. The number of carbonyl (C=O) groups excluding carboxylic acids is 1. The zero-order valence-corrected chi connectivity index (χ0v) is 17.0. The predicted octanol–water partition coefficient (Wildman–Crippen LogP) is 3.47. The van der Waals surface area contributed by atoms with E-state index in [9.17, 15) is 17.6 Å². The Hall–Kier alpha value is -2.41. The fraction of sp³-hybridized carbons (Fsp3) is 0.350. The standard InChI is InChI=1S/C20H25FN2O3S/c1-13-6-7-14(2)19(12-13)23(27(5,25)26)16(4)20(24)22-15(3)17-8-10-18(21)11-9-17/h6-12,15-16H,1-5H3,(H,22,24)/t15-,16-/m0/s1. The number of amides is 1. The average Bonchev–Trinajstić information content (AvgIpc) is 2.57. The second-order valence-corrected chi connectivity index (χ2v) is 8.67. The van der Waals surface area contributed by atoms with Crippen molar-refractivity contribution in [3.63, 3.8) is 0 Å². The van der Waals surface area contributed by atoms with Gasteiger partial charge in [-0.05, 0) is 62.6 Å². The highest BCUT2D eigenvalue weighted by molar-refractivity contribution is 7.92. The lowest BCUT2D eigenvalue weighted by Gasteiger charge is -2.30. The van der Waals surface area contributed by atoms with Crippen molar-refractivity contribution in [2.45, 2.75) is 39.8 Å². The van der Waals surface area contributed by atoms with Crippen LogP contribution in [0.15, 0.2) is 42.5 Å². The monoisotopic (exact) mass is 392 g/mol. The van der Waals surface area contributed by atoms with E-state index in [0.29, 0.717) is 5.69 Å². The molecule has 7 heteroatoms. The molecule has 0 aliphatic heterocycles. The number of halogens is 1. The molecular formula is C20H25FN2O3S. The van der Waals surface area contributed by atoms with E-state index >= 15 is 0 Å². The molecule has 5 nitrogen and oxygen atoms in total. The van der Waals surface area contributed by atoms with Crippen LogP contribution in [0.25, 0.3) is 0 Å². The van der Waals surface area contributed by atoms with Crippen LogP contribution in [0.1, 0.15) is 36.6 Å². The average molecular weight is 392 g/mol. The van der Waals surface area contributed by atoms with Crippen LogP contribution in [0, 0.1) is 19.7 Å². The molecular weight excluding hydrogens is 367 g/mol. The van der Waals surface area contributed by atoms with E-state index in [4.69, 9.17) is 0 Å². The Morgan fingerprint density at radius 1 is 1.07 bits per heavy atom. The van der Waals surface area contributed by atoms with E-state index < -0.39 is 22.0 Å². The van der Waals surface area contributed by atoms with Crippen LogP contribution in [0.4, 0.5) is 10.1 Å². The van der Waals surface area contributed by atoms with Gasteiger partial charge in [-0.1, -0.05) is 24.3 Å². The highest BCUT2D eigenvalue weighted by Gasteiger charge is 2.30. The van der Waals surface area contributed by atoms with Gasteiger partial charge in [0.2, 0.25) is 15.9 Å². The summed E-state index contributed by atoms with van der Waals surface area (Å²) in [6.45, 7) is 6.99. The quantitative estimate of drug-likeness (QED) is 0.819. The Labute approximate surface area is 160 Å². The maximum atomic E-state index is 13.1. The van der Waals surface area contributed by atoms with Crippen molar-refractivity contribution in [1.82, 2.24) is 5.32 Å². The first-order valence-electron chi connectivity index (χ1n) is 8.63. The number of hydrogen-bond donors (Lipinski definition) is 1. The van der Waals surface area contributed by atoms with E-state index in [2.05, 4.69) is 5.32 Å². The lowest BCUT2D eigenvalue weighted by molar-refractivity contribution is -0.122. The summed E-state index contributed by atoms with van der Waals surface area (Å²) in [5.74, 6) is -0.790. The van der Waals surface area contributed by atoms with Crippen LogP contribution in [0.2, 0.25) is 0 Å². The Kier molecular flexibility index (Phi) is 6.26. The van der Waals surface area contributed by atoms with Crippen LogP contribution in [0.5, 0.6) is 0 Å². The number of carbonyl (C=O) groups is 1. The van der Waals surface area contributed by atoms with Gasteiger partial charge in [-0.15, -0.1) is 0 Å². The summed E-state index contributed by atoms with van der Waals surface area (Å²) in [7, 11) is -3.68. The fourth-order valence-corrected chi connectivity index (χ4v) is 4.13. The van der Waals surface area contributed by atoms with Gasteiger partial charge in [0.1, 0.15) is 11.9 Å². The predicted molar refractivity (Wildman–Crippen MR) is 106 cm³/mol. The fourth-order valence-electron chi connectivity index (χ4n) is 2.91. The van der Waals surface area contributed by atoms with E-state index in [0.717, 1.165) is 27.3 Å². The Morgan fingerprint density at radius 2 is 1.67 bits per heavy atom. The first-order valence-corrected chi connectivity index (χ1v) is 10.5. The minimum atomic E-state index is -3.68.